The largest absolute Gasteiger partial charge is 0.481 e. The minimum atomic E-state index is -3.84. The average Bonchev–Trinajstić information content (AvgIpc) is 2.51. The van der Waals surface area contributed by atoms with Crippen molar-refractivity contribution in [3.63, 3.8) is 0 Å². The molecule has 0 aliphatic heterocycles. The van der Waals surface area contributed by atoms with Gasteiger partial charge in [-0.15, -0.1) is 0 Å². The predicted octanol–water partition coefficient (Wildman–Crippen LogP) is 1.89. The lowest BCUT2D eigenvalue weighted by atomic mass is 9.98. The van der Waals surface area contributed by atoms with Crippen molar-refractivity contribution in [2.45, 2.75) is 32.1 Å². The highest BCUT2D eigenvalue weighted by Gasteiger charge is 2.23. The minimum absolute atomic E-state index is 0.0377. The third-order valence-corrected chi connectivity index (χ3v) is 4.74. The molecule has 0 spiro atoms. The van der Waals surface area contributed by atoms with Crippen LogP contribution in [0.5, 0.6) is 0 Å². The molecule has 1 atom stereocenters. The van der Waals surface area contributed by atoms with Crippen LogP contribution in [-0.2, 0) is 19.6 Å². The number of carboxylic acid groups (broad SMARTS) is 1. The molecule has 1 unspecified atom stereocenters. The van der Waals surface area contributed by atoms with Crippen molar-refractivity contribution in [3.05, 3.63) is 29.8 Å². The van der Waals surface area contributed by atoms with E-state index in [2.05, 4.69) is 4.72 Å². The average molecular weight is 357 g/mol. The first kappa shape index (κ1) is 20.1. The normalized spacial score (nSPS) is 12.8. The van der Waals surface area contributed by atoms with Crippen LogP contribution in [0, 0.1) is 11.8 Å². The summed E-state index contributed by atoms with van der Waals surface area (Å²) >= 11 is 0. The molecule has 24 heavy (non-hydrogen) atoms. The molecule has 7 nitrogen and oxygen atoms in total. The lowest BCUT2D eigenvalue weighted by Crippen LogP contribution is -2.33. The fourth-order valence-corrected chi connectivity index (χ4v) is 3.20. The Labute approximate surface area is 142 Å². The maximum absolute atomic E-state index is 12.2. The minimum Gasteiger partial charge on any atom is -0.481 e. The smallest absolute Gasteiger partial charge is 0.338 e. The Morgan fingerprint density at radius 1 is 1.21 bits per heavy atom. The van der Waals surface area contributed by atoms with E-state index in [4.69, 9.17) is 9.84 Å². The zero-order valence-corrected chi connectivity index (χ0v) is 14.8. The first-order valence-electron chi connectivity index (χ1n) is 7.67. The summed E-state index contributed by atoms with van der Waals surface area (Å²) in [5.74, 6) is -2.22. The maximum atomic E-state index is 12.2. The fraction of sp³-hybridized carbons (Fsp3) is 0.500. The Morgan fingerprint density at radius 2 is 1.79 bits per heavy atom. The molecule has 0 saturated carbocycles. The molecule has 0 amide bonds. The van der Waals surface area contributed by atoms with Crippen LogP contribution in [0.1, 0.15) is 37.6 Å². The van der Waals surface area contributed by atoms with Gasteiger partial charge in [0.1, 0.15) is 0 Å². The number of carbonyl (C=O) groups is 2. The molecular weight excluding hydrogens is 334 g/mol. The van der Waals surface area contributed by atoms with Gasteiger partial charge in [-0.25, -0.2) is 17.9 Å². The number of carbonyl (C=O) groups excluding carboxylic acids is 1. The van der Waals surface area contributed by atoms with Crippen LogP contribution in [0.25, 0.3) is 0 Å². The number of hydrogen-bond acceptors (Lipinski definition) is 5. The standard InChI is InChI=1S/C16H23NO6S/c1-4-23-16(20)12-5-7-14(8-6-12)24(21,22)17-10-13(15(18)19)9-11(2)3/h5-8,11,13,17H,4,9-10H2,1-3H3,(H,18,19). The van der Waals surface area contributed by atoms with Gasteiger partial charge in [-0.3, -0.25) is 4.79 Å². The molecule has 8 heteroatoms. The second kappa shape index (κ2) is 8.79. The highest BCUT2D eigenvalue weighted by atomic mass is 32.2. The van der Waals surface area contributed by atoms with E-state index in [1.165, 1.54) is 24.3 Å². The van der Waals surface area contributed by atoms with Gasteiger partial charge in [0.25, 0.3) is 0 Å². The number of aliphatic carboxylic acids is 1. The highest BCUT2D eigenvalue weighted by Crippen LogP contribution is 2.14. The van der Waals surface area contributed by atoms with Crippen molar-refractivity contribution in [1.82, 2.24) is 4.72 Å². The van der Waals surface area contributed by atoms with Crippen molar-refractivity contribution < 1.29 is 27.9 Å². The van der Waals surface area contributed by atoms with Crippen LogP contribution in [0.4, 0.5) is 0 Å². The Morgan fingerprint density at radius 3 is 2.25 bits per heavy atom. The molecule has 0 aliphatic carbocycles. The predicted molar refractivity (Wildman–Crippen MR) is 88.2 cm³/mol. The number of nitrogens with one attached hydrogen (secondary N) is 1. The quantitative estimate of drug-likeness (QED) is 0.653. The van der Waals surface area contributed by atoms with E-state index in [-0.39, 0.29) is 29.5 Å². The summed E-state index contributed by atoms with van der Waals surface area (Å²) in [6.07, 6.45) is 0.375. The number of hydrogen-bond donors (Lipinski definition) is 2. The summed E-state index contributed by atoms with van der Waals surface area (Å²) in [5.41, 5.74) is 0.249. The maximum Gasteiger partial charge on any atom is 0.338 e. The van der Waals surface area contributed by atoms with Crippen LogP contribution in [0.15, 0.2) is 29.2 Å². The van der Waals surface area contributed by atoms with Gasteiger partial charge in [-0.1, -0.05) is 13.8 Å². The van der Waals surface area contributed by atoms with Crippen molar-refractivity contribution in [2.75, 3.05) is 13.2 Å². The van der Waals surface area contributed by atoms with E-state index in [9.17, 15) is 18.0 Å². The molecular formula is C16H23NO6S. The van der Waals surface area contributed by atoms with E-state index in [0.29, 0.717) is 6.42 Å². The monoisotopic (exact) mass is 357 g/mol. The summed E-state index contributed by atoms with van der Waals surface area (Å²) in [4.78, 5) is 22.7. The van der Waals surface area contributed by atoms with Gasteiger partial charge in [0.15, 0.2) is 0 Å². The highest BCUT2D eigenvalue weighted by molar-refractivity contribution is 7.89. The molecule has 0 aliphatic rings. The zero-order valence-electron chi connectivity index (χ0n) is 14.0. The van der Waals surface area contributed by atoms with Crippen molar-refractivity contribution in [3.8, 4) is 0 Å². The molecule has 134 valence electrons. The fourth-order valence-electron chi connectivity index (χ4n) is 2.12. The molecule has 0 bridgehead atoms. The van der Waals surface area contributed by atoms with Gasteiger partial charge in [0.2, 0.25) is 10.0 Å². The van der Waals surface area contributed by atoms with Crippen molar-refractivity contribution in [1.29, 1.82) is 0 Å². The Hall–Kier alpha value is -1.93. The molecule has 0 radical (unpaired) electrons. The number of esters is 1. The first-order valence-corrected chi connectivity index (χ1v) is 9.15. The van der Waals surface area contributed by atoms with Crippen LogP contribution in [0.2, 0.25) is 0 Å². The lowest BCUT2D eigenvalue weighted by Gasteiger charge is -2.15. The van der Waals surface area contributed by atoms with Gasteiger partial charge >= 0.3 is 11.9 Å². The van der Waals surface area contributed by atoms with Crippen molar-refractivity contribution in [2.24, 2.45) is 11.8 Å². The van der Waals surface area contributed by atoms with Crippen LogP contribution < -0.4 is 4.72 Å². The van der Waals surface area contributed by atoms with E-state index in [1.807, 2.05) is 13.8 Å². The van der Waals surface area contributed by atoms with Crippen LogP contribution in [0.3, 0.4) is 0 Å². The number of sulfonamides is 1. The van der Waals surface area contributed by atoms with Gasteiger partial charge in [-0.05, 0) is 43.5 Å². The van der Waals surface area contributed by atoms with Gasteiger partial charge in [-0.2, -0.15) is 0 Å². The Balaban J connectivity index is 2.81. The molecule has 2 N–H and O–H groups in total. The van der Waals surface area contributed by atoms with Crippen LogP contribution in [-0.4, -0.2) is 38.6 Å². The summed E-state index contributed by atoms with van der Waals surface area (Å²) in [6, 6.07) is 5.28. The summed E-state index contributed by atoms with van der Waals surface area (Å²) in [7, 11) is -3.84. The van der Waals surface area contributed by atoms with Crippen molar-refractivity contribution >= 4 is 22.0 Å². The number of benzene rings is 1. The summed E-state index contributed by atoms with van der Waals surface area (Å²) < 4.78 is 31.6. The number of carboxylic acids is 1. The summed E-state index contributed by atoms with van der Waals surface area (Å²) in [5, 5.41) is 9.15. The molecule has 0 saturated heterocycles. The Bertz CT molecular complexity index is 666. The third kappa shape index (κ3) is 5.93. The lowest BCUT2D eigenvalue weighted by molar-refractivity contribution is -0.142. The second-order valence-electron chi connectivity index (χ2n) is 5.76. The topological polar surface area (TPSA) is 110 Å². The number of rotatable bonds is 9. The van der Waals surface area contributed by atoms with E-state index >= 15 is 0 Å². The van der Waals surface area contributed by atoms with Crippen LogP contribution >= 0.6 is 0 Å². The third-order valence-electron chi connectivity index (χ3n) is 3.30. The molecule has 0 heterocycles. The van der Waals surface area contributed by atoms with Gasteiger partial charge < -0.3 is 9.84 Å². The first-order chi connectivity index (χ1) is 11.2. The SMILES string of the molecule is CCOC(=O)c1ccc(S(=O)(=O)NCC(CC(C)C)C(=O)O)cc1. The molecule has 0 aromatic heterocycles. The molecule has 1 rings (SSSR count). The molecule has 1 aromatic rings. The van der Waals surface area contributed by atoms with Gasteiger partial charge in [0, 0.05) is 6.54 Å². The second-order valence-corrected chi connectivity index (χ2v) is 7.53. The van der Waals surface area contributed by atoms with E-state index in [1.54, 1.807) is 6.92 Å². The molecule has 1 aromatic carbocycles. The zero-order chi connectivity index (χ0) is 18.3. The van der Waals surface area contributed by atoms with E-state index in [0.717, 1.165) is 0 Å². The number of ether oxygens (including phenoxy) is 1. The molecule has 0 fully saturated rings. The Kier molecular flexibility index (Phi) is 7.37. The van der Waals surface area contributed by atoms with Gasteiger partial charge in [0.05, 0.1) is 23.0 Å². The van der Waals surface area contributed by atoms with E-state index < -0.39 is 27.9 Å². The summed E-state index contributed by atoms with van der Waals surface area (Å²) in [6.45, 7) is 5.47.